The van der Waals surface area contributed by atoms with Crippen LogP contribution in [-0.4, -0.2) is 9.78 Å². The average molecular weight is 270 g/mol. The third-order valence-electron chi connectivity index (χ3n) is 2.56. The van der Waals surface area contributed by atoms with E-state index in [0.29, 0.717) is 16.5 Å². The second kappa shape index (κ2) is 5.08. The number of nitrogens with zero attached hydrogens (tertiary/aromatic N) is 2. The summed E-state index contributed by atoms with van der Waals surface area (Å²) in [6.45, 7) is 0. The number of nitrogens with two attached hydrogens (primary N) is 1. The molecule has 17 heavy (non-hydrogen) atoms. The summed E-state index contributed by atoms with van der Waals surface area (Å²) >= 11 is 12.0. The van der Waals surface area contributed by atoms with Gasteiger partial charge in [-0.15, -0.1) is 0 Å². The average Bonchev–Trinajstić information content (AvgIpc) is 2.67. The van der Waals surface area contributed by atoms with Crippen LogP contribution in [0.5, 0.6) is 0 Å². The van der Waals surface area contributed by atoms with Crippen molar-refractivity contribution in [2.45, 2.75) is 12.5 Å². The van der Waals surface area contributed by atoms with Crippen LogP contribution in [0.3, 0.4) is 0 Å². The van der Waals surface area contributed by atoms with Gasteiger partial charge in [0.1, 0.15) is 0 Å². The van der Waals surface area contributed by atoms with E-state index in [-0.39, 0.29) is 6.04 Å². The van der Waals surface area contributed by atoms with Gasteiger partial charge in [0.25, 0.3) is 0 Å². The van der Waals surface area contributed by atoms with E-state index in [1.165, 1.54) is 0 Å². The highest BCUT2D eigenvalue weighted by molar-refractivity contribution is 6.33. The fourth-order valence-corrected chi connectivity index (χ4v) is 2.14. The maximum atomic E-state index is 6.11. The number of aromatic nitrogens is 2. The third-order valence-corrected chi connectivity index (χ3v) is 3.13. The predicted molar refractivity (Wildman–Crippen MR) is 70.3 cm³/mol. The molecule has 0 amide bonds. The molecule has 1 unspecified atom stereocenters. The summed E-state index contributed by atoms with van der Waals surface area (Å²) in [5.41, 5.74) is 7.91. The first-order valence-corrected chi connectivity index (χ1v) is 6.01. The van der Waals surface area contributed by atoms with Crippen molar-refractivity contribution in [1.82, 2.24) is 9.78 Å². The fraction of sp³-hybridized carbons (Fsp3) is 0.250. The standard InChI is InChI=1S/C12H13Cl2N3/c1-17-5-4-9(16-17)7-12(15)10-6-8(13)2-3-11(10)14/h2-6,12H,7,15H2,1H3. The summed E-state index contributed by atoms with van der Waals surface area (Å²) in [5.74, 6) is 0. The van der Waals surface area contributed by atoms with E-state index in [9.17, 15) is 0 Å². The molecule has 2 N–H and O–H groups in total. The number of benzene rings is 1. The third kappa shape index (κ3) is 3.00. The lowest BCUT2D eigenvalue weighted by Gasteiger charge is -2.12. The molecule has 2 aromatic rings. The minimum Gasteiger partial charge on any atom is -0.324 e. The fourth-order valence-electron chi connectivity index (χ4n) is 1.71. The van der Waals surface area contributed by atoms with Gasteiger partial charge in [0.2, 0.25) is 0 Å². The van der Waals surface area contributed by atoms with Crippen molar-refractivity contribution >= 4 is 23.2 Å². The zero-order valence-electron chi connectivity index (χ0n) is 9.40. The molecule has 1 heterocycles. The normalized spacial score (nSPS) is 12.7. The van der Waals surface area contributed by atoms with Crippen LogP contribution < -0.4 is 5.73 Å². The summed E-state index contributed by atoms with van der Waals surface area (Å²) in [4.78, 5) is 0. The van der Waals surface area contributed by atoms with Crippen molar-refractivity contribution in [3.05, 3.63) is 51.8 Å². The summed E-state index contributed by atoms with van der Waals surface area (Å²) in [6, 6.07) is 7.06. The highest BCUT2D eigenvalue weighted by atomic mass is 35.5. The van der Waals surface area contributed by atoms with Crippen LogP contribution in [0.4, 0.5) is 0 Å². The van der Waals surface area contributed by atoms with Crippen LogP contribution in [-0.2, 0) is 13.5 Å². The highest BCUT2D eigenvalue weighted by Gasteiger charge is 2.12. The van der Waals surface area contributed by atoms with Gasteiger partial charge in [-0.3, -0.25) is 4.68 Å². The molecule has 0 saturated carbocycles. The second-order valence-corrected chi connectivity index (χ2v) is 4.80. The topological polar surface area (TPSA) is 43.8 Å². The Hall–Kier alpha value is -1.03. The molecule has 2 rings (SSSR count). The van der Waals surface area contributed by atoms with Gasteiger partial charge in [0, 0.05) is 35.8 Å². The largest absolute Gasteiger partial charge is 0.324 e. The Morgan fingerprint density at radius 3 is 2.76 bits per heavy atom. The first-order valence-electron chi connectivity index (χ1n) is 5.25. The lowest BCUT2D eigenvalue weighted by Crippen LogP contribution is -2.14. The minimum atomic E-state index is -0.198. The Morgan fingerprint density at radius 2 is 2.12 bits per heavy atom. The van der Waals surface area contributed by atoms with E-state index in [4.69, 9.17) is 28.9 Å². The van der Waals surface area contributed by atoms with Gasteiger partial charge >= 0.3 is 0 Å². The first kappa shape index (κ1) is 12.4. The van der Waals surface area contributed by atoms with Crippen molar-refractivity contribution in [2.75, 3.05) is 0 Å². The van der Waals surface area contributed by atoms with Gasteiger partial charge in [-0.25, -0.2) is 0 Å². The molecule has 0 fully saturated rings. The number of rotatable bonds is 3. The second-order valence-electron chi connectivity index (χ2n) is 3.96. The van der Waals surface area contributed by atoms with Gasteiger partial charge in [0.05, 0.1) is 5.69 Å². The zero-order valence-corrected chi connectivity index (χ0v) is 10.9. The lowest BCUT2D eigenvalue weighted by atomic mass is 10.0. The monoisotopic (exact) mass is 269 g/mol. The molecule has 0 aliphatic heterocycles. The van der Waals surface area contributed by atoms with Crippen LogP contribution in [0.25, 0.3) is 0 Å². The molecule has 1 aromatic heterocycles. The molecule has 3 nitrogen and oxygen atoms in total. The summed E-state index contributed by atoms with van der Waals surface area (Å²) in [5, 5.41) is 5.57. The minimum absolute atomic E-state index is 0.198. The predicted octanol–water partition coefficient (Wildman–Crippen LogP) is 2.97. The molecule has 0 bridgehead atoms. The molecule has 0 radical (unpaired) electrons. The molecule has 1 aromatic carbocycles. The number of aryl methyl sites for hydroxylation is 1. The van der Waals surface area contributed by atoms with Gasteiger partial charge in [-0.2, -0.15) is 5.10 Å². The highest BCUT2D eigenvalue weighted by Crippen LogP contribution is 2.26. The molecule has 90 valence electrons. The Kier molecular flexibility index (Phi) is 3.72. The Morgan fingerprint density at radius 1 is 1.35 bits per heavy atom. The molecular formula is C12H13Cl2N3. The molecule has 1 atom stereocenters. The van der Waals surface area contributed by atoms with Crippen molar-refractivity contribution in [3.63, 3.8) is 0 Å². The van der Waals surface area contributed by atoms with E-state index >= 15 is 0 Å². The van der Waals surface area contributed by atoms with E-state index in [1.54, 1.807) is 22.9 Å². The molecule has 0 aliphatic carbocycles. The van der Waals surface area contributed by atoms with Crippen LogP contribution in [0.2, 0.25) is 10.0 Å². The first-order chi connectivity index (χ1) is 8.06. The van der Waals surface area contributed by atoms with E-state index in [2.05, 4.69) is 5.10 Å². The van der Waals surface area contributed by atoms with Crippen molar-refractivity contribution < 1.29 is 0 Å². The van der Waals surface area contributed by atoms with Crippen LogP contribution in [0.1, 0.15) is 17.3 Å². The number of hydrogen-bond acceptors (Lipinski definition) is 2. The molecular weight excluding hydrogens is 257 g/mol. The molecule has 5 heteroatoms. The summed E-state index contributed by atoms with van der Waals surface area (Å²) in [7, 11) is 1.88. The summed E-state index contributed by atoms with van der Waals surface area (Å²) in [6.07, 6.45) is 2.53. The van der Waals surface area contributed by atoms with Crippen LogP contribution in [0.15, 0.2) is 30.5 Å². The SMILES string of the molecule is Cn1ccc(CC(N)c2cc(Cl)ccc2Cl)n1. The number of hydrogen-bond donors (Lipinski definition) is 1. The van der Waals surface area contributed by atoms with Gasteiger partial charge in [-0.05, 0) is 29.8 Å². The number of halogens is 2. The van der Waals surface area contributed by atoms with Crippen molar-refractivity contribution in [3.8, 4) is 0 Å². The van der Waals surface area contributed by atoms with E-state index in [1.807, 2.05) is 19.3 Å². The maximum absolute atomic E-state index is 6.11. The molecule has 0 spiro atoms. The smallest absolute Gasteiger partial charge is 0.0643 e. The molecule has 0 saturated heterocycles. The van der Waals surface area contributed by atoms with Gasteiger partial charge in [-0.1, -0.05) is 23.2 Å². The zero-order chi connectivity index (χ0) is 12.4. The Bertz CT molecular complexity index is 522. The lowest BCUT2D eigenvalue weighted by molar-refractivity contribution is 0.675. The van der Waals surface area contributed by atoms with Gasteiger partial charge in [0.15, 0.2) is 0 Å². The Labute approximate surface area is 110 Å². The van der Waals surface area contributed by atoms with Crippen molar-refractivity contribution in [1.29, 1.82) is 0 Å². The van der Waals surface area contributed by atoms with Crippen molar-refractivity contribution in [2.24, 2.45) is 12.8 Å². The Balaban J connectivity index is 2.19. The van der Waals surface area contributed by atoms with E-state index < -0.39 is 0 Å². The van der Waals surface area contributed by atoms with E-state index in [0.717, 1.165) is 11.3 Å². The van der Waals surface area contributed by atoms with Crippen LogP contribution in [0, 0.1) is 0 Å². The molecule has 0 aliphatic rings. The summed E-state index contributed by atoms with van der Waals surface area (Å²) < 4.78 is 1.75. The maximum Gasteiger partial charge on any atom is 0.0643 e. The van der Waals surface area contributed by atoms with Crippen LogP contribution >= 0.6 is 23.2 Å². The quantitative estimate of drug-likeness (QED) is 0.931. The van der Waals surface area contributed by atoms with Gasteiger partial charge < -0.3 is 5.73 Å².